The Morgan fingerprint density at radius 3 is 2.59 bits per heavy atom. The van der Waals surface area contributed by atoms with Gasteiger partial charge in [0.1, 0.15) is 11.5 Å². The van der Waals surface area contributed by atoms with Gasteiger partial charge in [0, 0.05) is 28.8 Å². The minimum Gasteiger partial charge on any atom is -0.497 e. The summed E-state index contributed by atoms with van der Waals surface area (Å²) in [6.45, 7) is 0. The number of nitrogens with two attached hydrogens (primary N) is 1. The second kappa shape index (κ2) is 6.75. The average Bonchev–Trinajstić information content (AvgIpc) is 3.09. The second-order valence-corrected chi connectivity index (χ2v) is 6.75. The Morgan fingerprint density at radius 1 is 1.07 bits per heavy atom. The molecule has 0 aliphatic carbocycles. The van der Waals surface area contributed by atoms with Crippen LogP contribution in [0.15, 0.2) is 29.6 Å². The first-order valence-electron chi connectivity index (χ1n) is 7.83. The van der Waals surface area contributed by atoms with Crippen molar-refractivity contribution in [3.05, 3.63) is 29.4 Å². The van der Waals surface area contributed by atoms with Crippen molar-refractivity contribution in [3.8, 4) is 22.6 Å². The number of rotatable bonds is 4. The molecule has 0 bridgehead atoms. The molecule has 0 amide bonds. The Kier molecular flexibility index (Phi) is 4.40. The molecule has 0 saturated carbocycles. The largest absolute Gasteiger partial charge is 0.497 e. The molecule has 4 rings (SSSR count). The molecule has 0 unspecified atom stereocenters. The van der Waals surface area contributed by atoms with Crippen LogP contribution in [0.5, 0.6) is 11.5 Å². The first-order chi connectivity index (χ1) is 13.1. The second-order valence-electron chi connectivity index (χ2n) is 5.60. The van der Waals surface area contributed by atoms with Crippen molar-refractivity contribution in [2.24, 2.45) is 0 Å². The maximum atomic E-state index is 6.57. The molecule has 138 valence electrons. The summed E-state index contributed by atoms with van der Waals surface area (Å²) in [7, 11) is 3.13. The quantitative estimate of drug-likeness (QED) is 0.410. The van der Waals surface area contributed by atoms with Gasteiger partial charge in [-0.25, -0.2) is 14.4 Å². The minimum absolute atomic E-state index is 0.230. The third kappa shape index (κ3) is 2.79. The van der Waals surface area contributed by atoms with Crippen molar-refractivity contribution in [1.29, 1.82) is 0 Å². The number of nitrogen functional groups attached to an aromatic ring is 1. The molecular formula is C17H15ClN6O2S. The summed E-state index contributed by atoms with van der Waals surface area (Å²) in [6, 6.07) is 5.44. The van der Waals surface area contributed by atoms with Crippen molar-refractivity contribution < 1.29 is 9.47 Å². The van der Waals surface area contributed by atoms with Gasteiger partial charge in [-0.05, 0) is 18.4 Å². The van der Waals surface area contributed by atoms with Crippen LogP contribution in [0, 0.1) is 0 Å². The zero-order valence-electron chi connectivity index (χ0n) is 14.7. The summed E-state index contributed by atoms with van der Waals surface area (Å²) in [4.78, 5) is 8.90. The molecule has 1 aromatic carbocycles. The van der Waals surface area contributed by atoms with Crippen LogP contribution >= 0.6 is 23.4 Å². The van der Waals surface area contributed by atoms with E-state index in [1.54, 1.807) is 30.9 Å². The van der Waals surface area contributed by atoms with Gasteiger partial charge in [0.2, 0.25) is 5.95 Å². The van der Waals surface area contributed by atoms with Crippen LogP contribution in [-0.2, 0) is 0 Å². The third-order valence-electron chi connectivity index (χ3n) is 4.16. The van der Waals surface area contributed by atoms with E-state index < -0.39 is 0 Å². The molecule has 0 atom stereocenters. The molecule has 4 aromatic rings. The Morgan fingerprint density at radius 2 is 1.89 bits per heavy atom. The smallest absolute Gasteiger partial charge is 0.228 e. The van der Waals surface area contributed by atoms with E-state index in [1.165, 1.54) is 11.8 Å². The summed E-state index contributed by atoms with van der Waals surface area (Å²) in [5.74, 6) is 1.32. The van der Waals surface area contributed by atoms with E-state index in [2.05, 4.69) is 20.2 Å². The Bertz CT molecular complexity index is 1180. The number of methoxy groups -OCH3 is 2. The van der Waals surface area contributed by atoms with Crippen LogP contribution in [0.25, 0.3) is 27.8 Å². The molecule has 10 heteroatoms. The molecule has 0 aliphatic rings. The fourth-order valence-corrected chi connectivity index (χ4v) is 3.50. The number of fused-ring (bicyclic) bond motifs is 3. The molecule has 0 aliphatic heterocycles. The Labute approximate surface area is 163 Å². The maximum Gasteiger partial charge on any atom is 0.228 e. The molecular weight excluding hydrogens is 388 g/mol. The SMILES string of the molecule is COc1cc(OC)c(Cl)c(-c2cc3cnc(SC)nc3n3c(N)nnc23)c1. The van der Waals surface area contributed by atoms with Gasteiger partial charge in [-0.2, -0.15) is 0 Å². The van der Waals surface area contributed by atoms with Gasteiger partial charge in [-0.3, -0.25) is 0 Å². The van der Waals surface area contributed by atoms with E-state index in [4.69, 9.17) is 26.8 Å². The van der Waals surface area contributed by atoms with Crippen LogP contribution in [-0.4, -0.2) is 45.0 Å². The van der Waals surface area contributed by atoms with Gasteiger partial charge in [-0.15, -0.1) is 10.2 Å². The van der Waals surface area contributed by atoms with E-state index in [0.717, 1.165) is 10.9 Å². The van der Waals surface area contributed by atoms with Gasteiger partial charge >= 0.3 is 0 Å². The molecule has 0 radical (unpaired) electrons. The molecule has 27 heavy (non-hydrogen) atoms. The standard InChI is InChI=1S/C17H15ClN6O2S/c1-25-9-5-10(13(18)12(6-9)26-2)11-4-8-7-20-17(27-3)21-14(8)24-15(11)22-23-16(24)19/h4-7H,1-3H3,(H2,19,23). The molecule has 8 nitrogen and oxygen atoms in total. The lowest BCUT2D eigenvalue weighted by Gasteiger charge is -2.13. The number of anilines is 1. The zero-order chi connectivity index (χ0) is 19.1. The number of benzene rings is 1. The number of pyridine rings is 1. The lowest BCUT2D eigenvalue weighted by atomic mass is 10.0. The zero-order valence-corrected chi connectivity index (χ0v) is 16.3. The van der Waals surface area contributed by atoms with Crippen LogP contribution in [0.1, 0.15) is 0 Å². The molecule has 0 fully saturated rings. The topological polar surface area (TPSA) is 100 Å². The van der Waals surface area contributed by atoms with Gasteiger partial charge in [0.05, 0.1) is 19.2 Å². The summed E-state index contributed by atoms with van der Waals surface area (Å²) in [6.07, 6.45) is 3.65. The summed E-state index contributed by atoms with van der Waals surface area (Å²) in [5, 5.41) is 10.1. The van der Waals surface area contributed by atoms with Crippen molar-refractivity contribution in [2.75, 3.05) is 26.2 Å². The average molecular weight is 403 g/mol. The van der Waals surface area contributed by atoms with Crippen LogP contribution in [0.2, 0.25) is 5.02 Å². The molecule has 0 spiro atoms. The van der Waals surface area contributed by atoms with E-state index in [9.17, 15) is 0 Å². The number of aromatic nitrogens is 5. The highest BCUT2D eigenvalue weighted by Crippen LogP contribution is 2.41. The van der Waals surface area contributed by atoms with Crippen molar-refractivity contribution in [1.82, 2.24) is 24.6 Å². The Hall–Kier alpha value is -2.78. The summed E-state index contributed by atoms with van der Waals surface area (Å²) >= 11 is 8.02. The van der Waals surface area contributed by atoms with Gasteiger partial charge in [0.15, 0.2) is 16.5 Å². The van der Waals surface area contributed by atoms with E-state index >= 15 is 0 Å². The first-order valence-corrected chi connectivity index (χ1v) is 9.44. The molecule has 3 aromatic heterocycles. The minimum atomic E-state index is 0.230. The normalized spacial score (nSPS) is 11.3. The highest BCUT2D eigenvalue weighted by molar-refractivity contribution is 7.98. The number of hydrogen-bond donors (Lipinski definition) is 1. The number of hydrogen-bond acceptors (Lipinski definition) is 8. The van der Waals surface area contributed by atoms with E-state index in [-0.39, 0.29) is 5.95 Å². The predicted octanol–water partition coefficient (Wildman–Crippen LogP) is 3.31. The van der Waals surface area contributed by atoms with E-state index in [0.29, 0.717) is 38.5 Å². The van der Waals surface area contributed by atoms with Gasteiger partial charge < -0.3 is 15.2 Å². The lowest BCUT2D eigenvalue weighted by Crippen LogP contribution is -2.01. The monoisotopic (exact) mass is 402 g/mol. The van der Waals surface area contributed by atoms with Crippen LogP contribution in [0.4, 0.5) is 5.95 Å². The molecule has 3 heterocycles. The van der Waals surface area contributed by atoms with E-state index in [1.807, 2.05) is 18.4 Å². The predicted molar refractivity (Wildman–Crippen MR) is 106 cm³/mol. The molecule has 2 N–H and O–H groups in total. The third-order valence-corrected chi connectivity index (χ3v) is 5.11. The number of ether oxygens (including phenoxy) is 2. The fourth-order valence-electron chi connectivity index (χ4n) is 2.88. The van der Waals surface area contributed by atoms with Crippen LogP contribution < -0.4 is 15.2 Å². The van der Waals surface area contributed by atoms with Crippen LogP contribution in [0.3, 0.4) is 0 Å². The van der Waals surface area contributed by atoms with Gasteiger partial charge in [0.25, 0.3) is 0 Å². The van der Waals surface area contributed by atoms with Crippen molar-refractivity contribution >= 4 is 46.0 Å². The Balaban J connectivity index is 2.11. The summed E-state index contributed by atoms with van der Waals surface area (Å²) in [5.41, 5.74) is 8.63. The maximum absolute atomic E-state index is 6.57. The van der Waals surface area contributed by atoms with Crippen molar-refractivity contribution in [2.45, 2.75) is 5.16 Å². The lowest BCUT2D eigenvalue weighted by molar-refractivity contribution is 0.395. The first kappa shape index (κ1) is 17.6. The molecule has 0 saturated heterocycles. The summed E-state index contributed by atoms with van der Waals surface area (Å²) < 4.78 is 12.4. The number of halogens is 1. The number of thioether (sulfide) groups is 1. The van der Waals surface area contributed by atoms with Gasteiger partial charge in [-0.1, -0.05) is 23.4 Å². The van der Waals surface area contributed by atoms with Crippen molar-refractivity contribution in [3.63, 3.8) is 0 Å². The highest BCUT2D eigenvalue weighted by Gasteiger charge is 2.19. The number of nitrogens with zero attached hydrogens (tertiary/aromatic N) is 5. The fraction of sp³-hybridized carbons (Fsp3) is 0.176. The highest BCUT2D eigenvalue weighted by atomic mass is 35.5.